The molecule has 3 unspecified atom stereocenters. The molecular weight excluding hydrogens is 743 g/mol. The van der Waals surface area contributed by atoms with Gasteiger partial charge in [-0.1, -0.05) is 216 Å². The number of aliphatic hydroxyl groups is 2. The van der Waals surface area contributed by atoms with Crippen LogP contribution in [0.25, 0.3) is 0 Å². The molecule has 0 fully saturated rings. The summed E-state index contributed by atoms with van der Waals surface area (Å²) in [4.78, 5) is 26.1. The molecule has 0 bridgehead atoms. The van der Waals surface area contributed by atoms with E-state index in [9.17, 15) is 19.8 Å². The number of amides is 1. The van der Waals surface area contributed by atoms with Crippen LogP contribution in [0.4, 0.5) is 0 Å². The Morgan fingerprint density at radius 2 is 0.933 bits per heavy atom. The summed E-state index contributed by atoms with van der Waals surface area (Å²) in [7, 11) is 0. The third-order valence-electron chi connectivity index (χ3n) is 11.0. The van der Waals surface area contributed by atoms with Gasteiger partial charge in [-0.05, 0) is 70.6 Å². The van der Waals surface area contributed by atoms with Gasteiger partial charge < -0.3 is 20.3 Å². The van der Waals surface area contributed by atoms with Crippen molar-refractivity contribution in [3.05, 3.63) is 72.9 Å². The van der Waals surface area contributed by atoms with Crippen LogP contribution in [0.15, 0.2) is 72.9 Å². The third kappa shape index (κ3) is 42.0. The van der Waals surface area contributed by atoms with E-state index in [4.69, 9.17) is 4.74 Å². The van der Waals surface area contributed by atoms with E-state index in [2.05, 4.69) is 86.8 Å². The Morgan fingerprint density at radius 1 is 0.517 bits per heavy atom. The van der Waals surface area contributed by atoms with Gasteiger partial charge in [0.1, 0.15) is 6.10 Å². The smallest absolute Gasteiger partial charge is 0.306 e. The molecule has 0 saturated heterocycles. The second-order valence-corrected chi connectivity index (χ2v) is 16.8. The third-order valence-corrected chi connectivity index (χ3v) is 11.0. The molecule has 60 heavy (non-hydrogen) atoms. The van der Waals surface area contributed by atoms with Crippen LogP contribution in [0.3, 0.4) is 0 Å². The molecule has 0 spiro atoms. The summed E-state index contributed by atoms with van der Waals surface area (Å²) < 4.78 is 5.85. The van der Waals surface area contributed by atoms with Crippen molar-refractivity contribution >= 4 is 11.9 Å². The van der Waals surface area contributed by atoms with Gasteiger partial charge in [0.05, 0.1) is 25.2 Å². The van der Waals surface area contributed by atoms with E-state index >= 15 is 0 Å². The van der Waals surface area contributed by atoms with E-state index in [1.165, 1.54) is 103 Å². The molecule has 0 rings (SSSR count). The first-order chi connectivity index (χ1) is 29.5. The Balaban J connectivity index is 4.75. The normalized spacial score (nSPS) is 13.9. The van der Waals surface area contributed by atoms with Crippen LogP contribution in [0.2, 0.25) is 0 Å². The molecule has 0 saturated carbocycles. The summed E-state index contributed by atoms with van der Waals surface area (Å²) in [6.45, 7) is 6.32. The molecule has 0 aliphatic rings. The number of carbonyl (C=O) groups is 2. The highest BCUT2D eigenvalue weighted by Gasteiger charge is 2.23. The standard InChI is InChI=1S/C54H95NO5/c1-4-7-10-13-16-19-22-25-26-29-30-33-36-39-42-45-50(60-54(59)47-44-41-38-35-32-28-24-21-18-15-12-9-6-3)48-53(58)55-51(49-56)52(57)46-43-40-37-34-31-27-23-20-17-14-11-8-5-2/h7,10,16,19,25-26,28,30,32-33,39,42,50-52,56-57H,4-6,8-9,11-15,17-18,20-24,27,29,31,34-38,40-41,43-49H2,1-3H3,(H,55,58)/b10-7-,19-16-,26-25-,32-28-,33-30-,42-39-. The van der Waals surface area contributed by atoms with Crippen molar-refractivity contribution in [3.8, 4) is 0 Å². The monoisotopic (exact) mass is 838 g/mol. The maximum absolute atomic E-state index is 13.2. The Morgan fingerprint density at radius 3 is 1.40 bits per heavy atom. The highest BCUT2D eigenvalue weighted by atomic mass is 16.5. The highest BCUT2D eigenvalue weighted by molar-refractivity contribution is 5.77. The summed E-state index contributed by atoms with van der Waals surface area (Å²) in [6.07, 6.45) is 59.8. The van der Waals surface area contributed by atoms with Crippen LogP contribution in [-0.4, -0.2) is 46.9 Å². The zero-order chi connectivity index (χ0) is 43.8. The summed E-state index contributed by atoms with van der Waals surface area (Å²) >= 11 is 0. The molecule has 0 aromatic carbocycles. The minimum Gasteiger partial charge on any atom is -0.461 e. The molecule has 1 amide bonds. The molecule has 6 heteroatoms. The van der Waals surface area contributed by atoms with Crippen molar-refractivity contribution in [2.24, 2.45) is 0 Å². The number of nitrogens with one attached hydrogen (secondary N) is 1. The maximum Gasteiger partial charge on any atom is 0.306 e. The van der Waals surface area contributed by atoms with E-state index in [-0.39, 0.29) is 24.9 Å². The fourth-order valence-electron chi connectivity index (χ4n) is 7.21. The topological polar surface area (TPSA) is 95.9 Å². The number of esters is 1. The number of aliphatic hydroxyl groups excluding tert-OH is 2. The largest absolute Gasteiger partial charge is 0.461 e. The molecule has 346 valence electrons. The SMILES string of the molecule is CC/C=C\C/C=C\C/C=C\C/C=C\C/C=C\CC(CC(=O)NC(CO)C(O)CCCCCCCCCCCCCCC)OC(=O)CCCCC/C=C\CCCCCCCC. The minimum atomic E-state index is -0.816. The molecule has 0 aliphatic heterocycles. The van der Waals surface area contributed by atoms with Crippen LogP contribution in [0, 0.1) is 0 Å². The van der Waals surface area contributed by atoms with Gasteiger partial charge in [0.15, 0.2) is 0 Å². The molecule has 0 aliphatic carbocycles. The first-order valence-corrected chi connectivity index (χ1v) is 25.2. The van der Waals surface area contributed by atoms with Gasteiger partial charge in [0.25, 0.3) is 0 Å². The zero-order valence-electron chi connectivity index (χ0n) is 39.3. The van der Waals surface area contributed by atoms with Crippen LogP contribution < -0.4 is 5.32 Å². The predicted molar refractivity (Wildman–Crippen MR) is 259 cm³/mol. The van der Waals surface area contributed by atoms with Gasteiger partial charge in [-0.15, -0.1) is 0 Å². The number of allylic oxidation sites excluding steroid dienone is 11. The minimum absolute atomic E-state index is 0.00852. The van der Waals surface area contributed by atoms with E-state index in [0.717, 1.165) is 83.5 Å². The Bertz CT molecular complexity index is 1120. The van der Waals surface area contributed by atoms with Gasteiger partial charge in [-0.25, -0.2) is 0 Å². The summed E-state index contributed by atoms with van der Waals surface area (Å²) in [5.41, 5.74) is 0. The van der Waals surface area contributed by atoms with Gasteiger partial charge in [-0.3, -0.25) is 9.59 Å². The van der Waals surface area contributed by atoms with Gasteiger partial charge in [0, 0.05) is 12.8 Å². The van der Waals surface area contributed by atoms with Crippen molar-refractivity contribution in [1.82, 2.24) is 5.32 Å². The van der Waals surface area contributed by atoms with E-state index in [1.54, 1.807) is 0 Å². The molecule has 0 aromatic rings. The summed E-state index contributed by atoms with van der Waals surface area (Å²) in [5.74, 6) is -0.601. The van der Waals surface area contributed by atoms with E-state index < -0.39 is 18.2 Å². The first kappa shape index (κ1) is 57.3. The number of ether oxygens (including phenoxy) is 1. The lowest BCUT2D eigenvalue weighted by atomic mass is 10.0. The average molecular weight is 838 g/mol. The van der Waals surface area contributed by atoms with Crippen LogP contribution in [-0.2, 0) is 14.3 Å². The van der Waals surface area contributed by atoms with Gasteiger partial charge in [0.2, 0.25) is 5.91 Å². The Kier molecular flexibility index (Phi) is 45.2. The van der Waals surface area contributed by atoms with Crippen molar-refractivity contribution in [3.63, 3.8) is 0 Å². The fraction of sp³-hybridized carbons (Fsp3) is 0.741. The summed E-state index contributed by atoms with van der Waals surface area (Å²) in [6, 6.07) is -0.736. The van der Waals surface area contributed by atoms with E-state index in [0.29, 0.717) is 19.3 Å². The van der Waals surface area contributed by atoms with Crippen LogP contribution in [0.5, 0.6) is 0 Å². The summed E-state index contributed by atoms with van der Waals surface area (Å²) in [5, 5.41) is 23.7. The van der Waals surface area contributed by atoms with Crippen molar-refractivity contribution in [2.75, 3.05) is 6.61 Å². The maximum atomic E-state index is 13.2. The molecule has 0 heterocycles. The number of carbonyl (C=O) groups excluding carboxylic acids is 2. The second-order valence-electron chi connectivity index (χ2n) is 16.8. The Labute approximate surface area is 371 Å². The number of hydrogen-bond acceptors (Lipinski definition) is 5. The molecule has 3 atom stereocenters. The van der Waals surface area contributed by atoms with Crippen LogP contribution in [0.1, 0.15) is 233 Å². The zero-order valence-corrected chi connectivity index (χ0v) is 39.3. The van der Waals surface area contributed by atoms with Crippen molar-refractivity contribution < 1.29 is 24.5 Å². The number of hydrogen-bond donors (Lipinski definition) is 3. The Hall–Kier alpha value is -2.70. The second kappa shape index (κ2) is 47.4. The number of rotatable bonds is 44. The number of unbranched alkanes of at least 4 members (excludes halogenated alkanes) is 21. The molecule has 0 aromatic heterocycles. The predicted octanol–water partition coefficient (Wildman–Crippen LogP) is 15.0. The average Bonchev–Trinajstić information content (AvgIpc) is 3.24. The van der Waals surface area contributed by atoms with E-state index in [1.807, 2.05) is 12.2 Å². The molecule has 6 nitrogen and oxygen atoms in total. The molecular formula is C54H95NO5. The lowest BCUT2D eigenvalue weighted by Crippen LogP contribution is -2.46. The first-order valence-electron chi connectivity index (χ1n) is 25.2. The molecule has 3 N–H and O–H groups in total. The quantitative estimate of drug-likeness (QED) is 0.0323. The van der Waals surface area contributed by atoms with Crippen molar-refractivity contribution in [1.29, 1.82) is 0 Å². The van der Waals surface area contributed by atoms with Gasteiger partial charge >= 0.3 is 5.97 Å². The lowest BCUT2D eigenvalue weighted by Gasteiger charge is -2.24. The van der Waals surface area contributed by atoms with Crippen molar-refractivity contribution in [2.45, 2.75) is 251 Å². The van der Waals surface area contributed by atoms with Crippen LogP contribution >= 0.6 is 0 Å². The highest BCUT2D eigenvalue weighted by Crippen LogP contribution is 2.16. The lowest BCUT2D eigenvalue weighted by molar-refractivity contribution is -0.150. The molecule has 0 radical (unpaired) electrons. The fourth-order valence-corrected chi connectivity index (χ4v) is 7.21. The van der Waals surface area contributed by atoms with Gasteiger partial charge in [-0.2, -0.15) is 0 Å².